The van der Waals surface area contributed by atoms with Crippen LogP contribution in [0, 0.1) is 17.0 Å². The van der Waals surface area contributed by atoms with Crippen molar-refractivity contribution in [3.8, 4) is 17.0 Å². The number of anilines is 2. The minimum absolute atomic E-state index is 0.130. The van der Waals surface area contributed by atoms with E-state index >= 15 is 0 Å². The van der Waals surface area contributed by atoms with Gasteiger partial charge in [-0.15, -0.1) is 11.3 Å². The predicted molar refractivity (Wildman–Crippen MR) is 114 cm³/mol. The molecule has 8 nitrogen and oxygen atoms in total. The van der Waals surface area contributed by atoms with Crippen LogP contribution >= 0.6 is 11.3 Å². The number of hydrogen-bond donors (Lipinski definition) is 2. The van der Waals surface area contributed by atoms with E-state index in [2.05, 4.69) is 15.6 Å². The zero-order valence-corrected chi connectivity index (χ0v) is 16.9. The smallest absolute Gasteiger partial charge is 0.271 e. The lowest BCUT2D eigenvalue weighted by Crippen LogP contribution is -2.32. The summed E-state index contributed by atoms with van der Waals surface area (Å²) in [5.74, 6) is 0.00191. The van der Waals surface area contributed by atoms with Gasteiger partial charge < -0.3 is 15.4 Å². The maximum Gasteiger partial charge on any atom is 0.271 e. The van der Waals surface area contributed by atoms with Crippen LogP contribution in [-0.2, 0) is 4.79 Å². The summed E-state index contributed by atoms with van der Waals surface area (Å²) in [6, 6.07) is 11.1. The fourth-order valence-corrected chi connectivity index (χ4v) is 3.32. The molecule has 1 unspecified atom stereocenters. The van der Waals surface area contributed by atoms with Gasteiger partial charge >= 0.3 is 0 Å². The molecule has 9 heteroatoms. The summed E-state index contributed by atoms with van der Waals surface area (Å²) in [7, 11) is 1.43. The van der Waals surface area contributed by atoms with Crippen LogP contribution in [-0.4, -0.2) is 29.0 Å². The summed E-state index contributed by atoms with van der Waals surface area (Å²) < 4.78 is 5.17. The van der Waals surface area contributed by atoms with Crippen molar-refractivity contribution in [3.05, 3.63) is 63.0 Å². The Morgan fingerprint density at radius 2 is 1.97 bits per heavy atom. The molecule has 3 rings (SSSR count). The summed E-state index contributed by atoms with van der Waals surface area (Å²) in [5, 5.41) is 19.8. The normalized spacial score (nSPS) is 11.6. The van der Waals surface area contributed by atoms with Crippen molar-refractivity contribution < 1.29 is 14.5 Å². The average molecular weight is 412 g/mol. The fraction of sp³-hybridized carbons (Fsp3) is 0.200. The highest BCUT2D eigenvalue weighted by Gasteiger charge is 2.18. The van der Waals surface area contributed by atoms with Gasteiger partial charge in [-0.25, -0.2) is 4.98 Å². The number of rotatable bonds is 7. The number of nitrogens with zero attached hydrogens (tertiary/aromatic N) is 2. The van der Waals surface area contributed by atoms with Crippen molar-refractivity contribution in [2.45, 2.75) is 19.9 Å². The van der Waals surface area contributed by atoms with E-state index in [1.165, 1.54) is 25.3 Å². The van der Waals surface area contributed by atoms with E-state index in [1.807, 2.05) is 36.6 Å². The number of nitro groups is 1. The lowest BCUT2D eigenvalue weighted by molar-refractivity contribution is -0.384. The molecule has 0 aliphatic heterocycles. The number of benzene rings is 2. The van der Waals surface area contributed by atoms with E-state index in [9.17, 15) is 14.9 Å². The molecule has 29 heavy (non-hydrogen) atoms. The van der Waals surface area contributed by atoms with Crippen LogP contribution in [0.15, 0.2) is 47.8 Å². The number of non-ortho nitro benzene ring substituents is 1. The summed E-state index contributed by atoms with van der Waals surface area (Å²) in [6.45, 7) is 3.66. The van der Waals surface area contributed by atoms with Crippen LogP contribution in [0.25, 0.3) is 11.3 Å². The third-order valence-electron chi connectivity index (χ3n) is 4.23. The highest BCUT2D eigenvalue weighted by Crippen LogP contribution is 2.29. The Labute approximate surface area is 171 Å². The van der Waals surface area contributed by atoms with Crippen LogP contribution in [0.4, 0.5) is 17.1 Å². The maximum atomic E-state index is 12.5. The molecule has 0 bridgehead atoms. The molecule has 0 radical (unpaired) electrons. The molecule has 0 aliphatic carbocycles. The molecule has 1 atom stereocenters. The zero-order chi connectivity index (χ0) is 21.0. The number of aryl methyl sites for hydroxylation is 1. The van der Waals surface area contributed by atoms with Crippen LogP contribution < -0.4 is 15.4 Å². The van der Waals surface area contributed by atoms with Gasteiger partial charge in [0.15, 0.2) is 0 Å². The minimum Gasteiger partial charge on any atom is -0.495 e. The third kappa shape index (κ3) is 4.88. The highest BCUT2D eigenvalue weighted by atomic mass is 32.1. The van der Waals surface area contributed by atoms with Gasteiger partial charge in [-0.2, -0.15) is 0 Å². The van der Waals surface area contributed by atoms with Gasteiger partial charge in [0.05, 0.1) is 28.4 Å². The van der Waals surface area contributed by atoms with E-state index in [4.69, 9.17) is 4.74 Å². The van der Waals surface area contributed by atoms with Crippen molar-refractivity contribution in [2.75, 3.05) is 17.7 Å². The van der Waals surface area contributed by atoms with Crippen molar-refractivity contribution >= 4 is 34.3 Å². The summed E-state index contributed by atoms with van der Waals surface area (Å²) >= 11 is 1.59. The first-order chi connectivity index (χ1) is 13.9. The lowest BCUT2D eigenvalue weighted by atomic mass is 10.1. The van der Waals surface area contributed by atoms with Gasteiger partial charge in [0.1, 0.15) is 11.8 Å². The van der Waals surface area contributed by atoms with Crippen molar-refractivity contribution in [2.24, 2.45) is 0 Å². The Morgan fingerprint density at radius 3 is 2.55 bits per heavy atom. The number of carbonyl (C=O) groups excluding carboxylic acids is 1. The standard InChI is InChI=1S/C20H20N4O4S/c1-12(20(25)23-17-10-16(24(26)27)8-9-19(17)28-3)21-15-6-4-14(5-7-15)18-11-29-13(2)22-18/h4-12,21H,1-3H3,(H,23,25). The number of methoxy groups -OCH3 is 1. The number of nitrogens with one attached hydrogen (secondary N) is 2. The second-order valence-electron chi connectivity index (χ2n) is 6.33. The molecule has 2 N–H and O–H groups in total. The number of nitro benzene ring substituents is 1. The summed E-state index contributed by atoms with van der Waals surface area (Å²) in [6.07, 6.45) is 0. The molecule has 2 aromatic carbocycles. The van der Waals surface area contributed by atoms with Crippen LogP contribution in [0.5, 0.6) is 5.75 Å². The van der Waals surface area contributed by atoms with Crippen LogP contribution in [0.1, 0.15) is 11.9 Å². The van der Waals surface area contributed by atoms with E-state index in [0.717, 1.165) is 22.0 Å². The third-order valence-corrected chi connectivity index (χ3v) is 5.00. The second kappa shape index (κ2) is 8.70. The molecule has 150 valence electrons. The quantitative estimate of drug-likeness (QED) is 0.438. The molecule has 0 saturated carbocycles. The minimum atomic E-state index is -0.577. The number of ether oxygens (including phenoxy) is 1. The Kier molecular flexibility index (Phi) is 6.08. The molecule has 1 aromatic heterocycles. The molecule has 0 saturated heterocycles. The Hall–Kier alpha value is -3.46. The predicted octanol–water partition coefficient (Wildman–Crippen LogP) is 4.47. The first-order valence-corrected chi connectivity index (χ1v) is 9.67. The summed E-state index contributed by atoms with van der Waals surface area (Å²) in [5.41, 5.74) is 2.81. The lowest BCUT2D eigenvalue weighted by Gasteiger charge is -2.16. The number of aromatic nitrogens is 1. The molecule has 1 heterocycles. The molecule has 3 aromatic rings. The first-order valence-electron chi connectivity index (χ1n) is 8.80. The average Bonchev–Trinajstić information content (AvgIpc) is 3.14. The van der Waals surface area contributed by atoms with Gasteiger partial charge in [0.2, 0.25) is 5.91 Å². The van der Waals surface area contributed by atoms with E-state index in [0.29, 0.717) is 5.75 Å². The number of hydrogen-bond acceptors (Lipinski definition) is 7. The summed E-state index contributed by atoms with van der Waals surface area (Å²) in [4.78, 5) is 27.5. The SMILES string of the molecule is COc1ccc([N+](=O)[O-])cc1NC(=O)C(C)Nc1ccc(-c2csc(C)n2)cc1. The molecule has 0 spiro atoms. The van der Waals surface area contributed by atoms with Crippen molar-refractivity contribution in [1.29, 1.82) is 0 Å². The van der Waals surface area contributed by atoms with Gasteiger partial charge in [-0.1, -0.05) is 12.1 Å². The molecule has 1 amide bonds. The van der Waals surface area contributed by atoms with Gasteiger partial charge in [0.25, 0.3) is 5.69 Å². The topological polar surface area (TPSA) is 106 Å². The van der Waals surface area contributed by atoms with E-state index in [-0.39, 0.29) is 17.3 Å². The van der Waals surface area contributed by atoms with Gasteiger partial charge in [-0.3, -0.25) is 14.9 Å². The monoisotopic (exact) mass is 412 g/mol. The molecule has 0 aliphatic rings. The van der Waals surface area contributed by atoms with Crippen molar-refractivity contribution in [1.82, 2.24) is 4.98 Å². The first kappa shape index (κ1) is 20.3. The number of amides is 1. The van der Waals surface area contributed by atoms with Crippen molar-refractivity contribution in [3.63, 3.8) is 0 Å². The Bertz CT molecular complexity index is 1030. The van der Waals surface area contributed by atoms with Crippen LogP contribution in [0.3, 0.4) is 0 Å². The molecule has 0 fully saturated rings. The Morgan fingerprint density at radius 1 is 1.24 bits per heavy atom. The molecular weight excluding hydrogens is 392 g/mol. The Balaban J connectivity index is 1.68. The fourth-order valence-electron chi connectivity index (χ4n) is 2.70. The zero-order valence-electron chi connectivity index (χ0n) is 16.1. The van der Waals surface area contributed by atoms with E-state index in [1.54, 1.807) is 18.3 Å². The van der Waals surface area contributed by atoms with Gasteiger partial charge in [0, 0.05) is 28.8 Å². The maximum absolute atomic E-state index is 12.5. The van der Waals surface area contributed by atoms with Crippen LogP contribution in [0.2, 0.25) is 0 Å². The number of carbonyl (C=O) groups is 1. The number of thiazole rings is 1. The van der Waals surface area contributed by atoms with E-state index < -0.39 is 11.0 Å². The highest BCUT2D eigenvalue weighted by molar-refractivity contribution is 7.09. The second-order valence-corrected chi connectivity index (χ2v) is 7.39. The van der Waals surface area contributed by atoms with Gasteiger partial charge in [-0.05, 0) is 32.0 Å². The molecular formula is C20H20N4O4S. The largest absolute Gasteiger partial charge is 0.495 e.